The zero-order chi connectivity index (χ0) is 12.8. The zero-order valence-corrected chi connectivity index (χ0v) is 10.1. The molecule has 0 aliphatic rings. The summed E-state index contributed by atoms with van der Waals surface area (Å²) < 4.78 is 5.11. The molecular formula is C13H18O4. The highest BCUT2D eigenvalue weighted by atomic mass is 16.5. The van der Waals surface area contributed by atoms with Crippen LogP contribution in [0.25, 0.3) is 0 Å². The van der Waals surface area contributed by atoms with Crippen molar-refractivity contribution in [2.75, 3.05) is 7.11 Å². The molecule has 1 atom stereocenters. The van der Waals surface area contributed by atoms with Crippen LogP contribution in [0.2, 0.25) is 0 Å². The van der Waals surface area contributed by atoms with Gasteiger partial charge >= 0.3 is 5.97 Å². The summed E-state index contributed by atoms with van der Waals surface area (Å²) in [4.78, 5) is 11.2. The van der Waals surface area contributed by atoms with E-state index in [9.17, 15) is 15.0 Å². The lowest BCUT2D eigenvalue weighted by Gasteiger charge is -2.16. The smallest absolute Gasteiger partial charge is 0.311 e. The number of benzene rings is 1. The molecule has 0 aromatic heterocycles. The van der Waals surface area contributed by atoms with Crippen LogP contribution in [0, 0.1) is 0 Å². The standard InChI is InChI=1S/C13H18O4/c1-3-4-5-11(13(15)16)10-7-6-9(14)8-12(10)17-2/h6-8,11,14H,3-5H2,1-2H3,(H,15,16). The highest BCUT2D eigenvalue weighted by Gasteiger charge is 2.22. The second-order valence-corrected chi connectivity index (χ2v) is 3.96. The van der Waals surface area contributed by atoms with Crippen molar-refractivity contribution >= 4 is 5.97 Å². The van der Waals surface area contributed by atoms with Crippen molar-refractivity contribution in [3.05, 3.63) is 23.8 Å². The maximum atomic E-state index is 11.2. The van der Waals surface area contributed by atoms with Crippen LogP contribution in [0.5, 0.6) is 11.5 Å². The average molecular weight is 238 g/mol. The van der Waals surface area contributed by atoms with E-state index in [0.717, 1.165) is 12.8 Å². The third-order valence-corrected chi connectivity index (χ3v) is 2.74. The van der Waals surface area contributed by atoms with Crippen LogP contribution in [0.4, 0.5) is 0 Å². The van der Waals surface area contributed by atoms with E-state index < -0.39 is 11.9 Å². The molecule has 1 unspecified atom stereocenters. The molecule has 0 fully saturated rings. The second kappa shape index (κ2) is 6.13. The predicted octanol–water partition coefficient (Wildman–Crippen LogP) is 2.76. The summed E-state index contributed by atoms with van der Waals surface area (Å²) in [5.41, 5.74) is 0.617. The number of unbranched alkanes of at least 4 members (excludes halogenated alkanes) is 1. The SMILES string of the molecule is CCCCC(C(=O)O)c1ccc(O)cc1OC. The Morgan fingerprint density at radius 2 is 2.18 bits per heavy atom. The Morgan fingerprint density at radius 3 is 2.71 bits per heavy atom. The molecule has 0 aliphatic heterocycles. The quantitative estimate of drug-likeness (QED) is 0.799. The van der Waals surface area contributed by atoms with Gasteiger partial charge in [0.25, 0.3) is 0 Å². The number of hydrogen-bond acceptors (Lipinski definition) is 3. The molecule has 0 radical (unpaired) electrons. The van der Waals surface area contributed by atoms with Gasteiger partial charge in [-0.25, -0.2) is 0 Å². The number of methoxy groups -OCH3 is 1. The van der Waals surface area contributed by atoms with Gasteiger partial charge in [-0.3, -0.25) is 4.79 Å². The molecule has 2 N–H and O–H groups in total. The zero-order valence-electron chi connectivity index (χ0n) is 10.1. The largest absolute Gasteiger partial charge is 0.508 e. The molecule has 0 saturated heterocycles. The number of carboxylic acid groups (broad SMARTS) is 1. The molecule has 4 nitrogen and oxygen atoms in total. The van der Waals surface area contributed by atoms with Gasteiger partial charge in [0.2, 0.25) is 0 Å². The Morgan fingerprint density at radius 1 is 1.47 bits per heavy atom. The summed E-state index contributed by atoms with van der Waals surface area (Å²) in [6, 6.07) is 4.54. The number of aliphatic carboxylic acids is 1. The van der Waals surface area contributed by atoms with Crippen LogP contribution in [0.15, 0.2) is 18.2 Å². The van der Waals surface area contributed by atoms with Crippen molar-refractivity contribution in [1.29, 1.82) is 0 Å². The van der Waals surface area contributed by atoms with Crippen LogP contribution in [-0.4, -0.2) is 23.3 Å². The molecule has 0 spiro atoms. The highest BCUT2D eigenvalue weighted by molar-refractivity contribution is 5.77. The average Bonchev–Trinajstić information content (AvgIpc) is 2.30. The number of carbonyl (C=O) groups is 1. The van der Waals surface area contributed by atoms with Crippen molar-refractivity contribution in [2.24, 2.45) is 0 Å². The van der Waals surface area contributed by atoms with Gasteiger partial charge in [-0.2, -0.15) is 0 Å². The summed E-state index contributed by atoms with van der Waals surface area (Å²) in [7, 11) is 1.47. The first-order valence-electron chi connectivity index (χ1n) is 5.69. The second-order valence-electron chi connectivity index (χ2n) is 3.96. The minimum absolute atomic E-state index is 0.0743. The van der Waals surface area contributed by atoms with Gasteiger partial charge in [0.05, 0.1) is 13.0 Å². The van der Waals surface area contributed by atoms with Crippen LogP contribution < -0.4 is 4.74 Å². The molecule has 0 amide bonds. The van der Waals surface area contributed by atoms with Crippen molar-refractivity contribution in [2.45, 2.75) is 32.1 Å². The fourth-order valence-corrected chi connectivity index (χ4v) is 1.81. The van der Waals surface area contributed by atoms with E-state index in [2.05, 4.69) is 0 Å². The van der Waals surface area contributed by atoms with Gasteiger partial charge in [0.1, 0.15) is 11.5 Å². The minimum Gasteiger partial charge on any atom is -0.508 e. The Hall–Kier alpha value is -1.71. The first-order valence-corrected chi connectivity index (χ1v) is 5.69. The number of rotatable bonds is 6. The molecule has 0 bridgehead atoms. The summed E-state index contributed by atoms with van der Waals surface area (Å²) in [6.45, 7) is 2.02. The van der Waals surface area contributed by atoms with Gasteiger partial charge in [-0.15, -0.1) is 0 Å². The van der Waals surface area contributed by atoms with E-state index in [0.29, 0.717) is 17.7 Å². The van der Waals surface area contributed by atoms with Crippen LogP contribution in [0.1, 0.15) is 37.7 Å². The third kappa shape index (κ3) is 3.37. The highest BCUT2D eigenvalue weighted by Crippen LogP contribution is 2.33. The van der Waals surface area contributed by atoms with Crippen molar-refractivity contribution in [1.82, 2.24) is 0 Å². The topological polar surface area (TPSA) is 66.8 Å². The lowest BCUT2D eigenvalue weighted by Crippen LogP contribution is -2.12. The summed E-state index contributed by atoms with van der Waals surface area (Å²) in [5, 5.41) is 18.6. The van der Waals surface area contributed by atoms with Crippen molar-refractivity contribution in [3.8, 4) is 11.5 Å². The minimum atomic E-state index is -0.859. The van der Waals surface area contributed by atoms with Gasteiger partial charge in [0, 0.05) is 11.6 Å². The number of carboxylic acids is 1. The fourth-order valence-electron chi connectivity index (χ4n) is 1.81. The third-order valence-electron chi connectivity index (χ3n) is 2.74. The summed E-state index contributed by atoms with van der Waals surface area (Å²) in [6.07, 6.45) is 2.37. The molecule has 0 aliphatic carbocycles. The lowest BCUT2D eigenvalue weighted by molar-refractivity contribution is -0.139. The molecule has 17 heavy (non-hydrogen) atoms. The number of ether oxygens (including phenoxy) is 1. The van der Waals surface area contributed by atoms with Crippen LogP contribution in [-0.2, 0) is 4.79 Å². The molecule has 0 saturated carbocycles. The lowest BCUT2D eigenvalue weighted by atomic mass is 9.93. The molecule has 1 rings (SSSR count). The predicted molar refractivity (Wildman–Crippen MR) is 64.6 cm³/mol. The molecule has 94 valence electrons. The number of hydrogen-bond donors (Lipinski definition) is 2. The van der Waals surface area contributed by atoms with E-state index in [-0.39, 0.29) is 5.75 Å². The van der Waals surface area contributed by atoms with E-state index in [1.807, 2.05) is 6.92 Å². The Labute approximate surface area is 101 Å². The van der Waals surface area contributed by atoms with Gasteiger partial charge in [-0.05, 0) is 12.5 Å². The Balaban J connectivity index is 3.04. The van der Waals surface area contributed by atoms with Gasteiger partial charge in [-0.1, -0.05) is 25.8 Å². The van der Waals surface area contributed by atoms with Gasteiger partial charge in [0.15, 0.2) is 0 Å². The van der Waals surface area contributed by atoms with Gasteiger partial charge < -0.3 is 14.9 Å². The van der Waals surface area contributed by atoms with Crippen LogP contribution >= 0.6 is 0 Å². The van der Waals surface area contributed by atoms with E-state index in [4.69, 9.17) is 4.74 Å². The maximum Gasteiger partial charge on any atom is 0.311 e. The number of phenols is 1. The molecule has 1 aromatic rings. The number of aromatic hydroxyl groups is 1. The molecular weight excluding hydrogens is 220 g/mol. The summed E-state index contributed by atoms with van der Waals surface area (Å²) in [5.74, 6) is -0.938. The Bertz CT molecular complexity index is 387. The first-order chi connectivity index (χ1) is 8.10. The summed E-state index contributed by atoms with van der Waals surface area (Å²) >= 11 is 0. The van der Waals surface area contributed by atoms with Crippen LogP contribution in [0.3, 0.4) is 0 Å². The normalized spacial score (nSPS) is 12.1. The van der Waals surface area contributed by atoms with Crippen molar-refractivity contribution in [3.63, 3.8) is 0 Å². The number of phenolic OH excluding ortho intramolecular Hbond substituents is 1. The van der Waals surface area contributed by atoms with E-state index in [1.54, 1.807) is 6.07 Å². The maximum absolute atomic E-state index is 11.2. The molecule has 0 heterocycles. The van der Waals surface area contributed by atoms with E-state index in [1.165, 1.54) is 19.2 Å². The fraction of sp³-hybridized carbons (Fsp3) is 0.462. The molecule has 1 aromatic carbocycles. The monoisotopic (exact) mass is 238 g/mol. The van der Waals surface area contributed by atoms with Crippen molar-refractivity contribution < 1.29 is 19.7 Å². The Kier molecular flexibility index (Phi) is 4.82. The molecule has 4 heteroatoms. The first kappa shape index (κ1) is 13.4. The van der Waals surface area contributed by atoms with E-state index >= 15 is 0 Å².